The molecule has 0 radical (unpaired) electrons. The molecule has 0 spiro atoms. The molecule has 3 nitrogen and oxygen atoms in total. The number of fused-ring (bicyclic) bond motifs is 3. The van der Waals surface area contributed by atoms with Gasteiger partial charge in [0.2, 0.25) is 0 Å². The van der Waals surface area contributed by atoms with Crippen LogP contribution in [-0.2, 0) is 17.5 Å². The Morgan fingerprint density at radius 1 is 1.39 bits per heavy atom. The fourth-order valence-electron chi connectivity index (χ4n) is 2.85. The highest BCUT2D eigenvalue weighted by atomic mass is 32.2. The van der Waals surface area contributed by atoms with E-state index in [1.807, 2.05) is 25.3 Å². The molecule has 18 heavy (non-hydrogen) atoms. The van der Waals surface area contributed by atoms with E-state index in [-0.39, 0.29) is 0 Å². The average molecular weight is 261 g/mol. The van der Waals surface area contributed by atoms with E-state index in [9.17, 15) is 8.76 Å². The minimum Gasteiger partial charge on any atom is -0.302 e. The molecule has 2 aromatic rings. The number of hydrogen-bond donors (Lipinski definition) is 1. The summed E-state index contributed by atoms with van der Waals surface area (Å²) >= 11 is -1.95. The van der Waals surface area contributed by atoms with Gasteiger partial charge < -0.3 is 4.55 Å². The molecule has 0 fully saturated rings. The van der Waals surface area contributed by atoms with Crippen molar-refractivity contribution >= 4 is 21.9 Å². The highest BCUT2D eigenvalue weighted by Gasteiger charge is 2.23. The van der Waals surface area contributed by atoms with Crippen LogP contribution in [0.5, 0.6) is 0 Å². The molecule has 2 atom stereocenters. The first kappa shape index (κ1) is 11.8. The van der Waals surface area contributed by atoms with Gasteiger partial charge in [-0.25, -0.2) is 4.21 Å². The number of benzene rings is 1. The second-order valence-electron chi connectivity index (χ2n) is 5.00. The van der Waals surface area contributed by atoms with Crippen LogP contribution in [0.3, 0.4) is 0 Å². The molecule has 1 heterocycles. The molecule has 4 heteroatoms. The standard InChI is InChI=1S/C14H15NO2S/c1-8-3-4-10-11(8)6-14(18(16)17)12-5-9(2)15-7-13(10)12/h5-8H,3-4H2,1-2H3,(H,16,17). The maximum absolute atomic E-state index is 11.5. The summed E-state index contributed by atoms with van der Waals surface area (Å²) in [6, 6.07) is 3.81. The van der Waals surface area contributed by atoms with Crippen LogP contribution in [0.4, 0.5) is 0 Å². The van der Waals surface area contributed by atoms with Gasteiger partial charge in [-0.2, -0.15) is 0 Å². The fourth-order valence-corrected chi connectivity index (χ4v) is 3.43. The molecule has 1 aromatic heterocycles. The summed E-state index contributed by atoms with van der Waals surface area (Å²) in [5.41, 5.74) is 3.39. The third kappa shape index (κ3) is 1.68. The van der Waals surface area contributed by atoms with E-state index >= 15 is 0 Å². The number of pyridine rings is 1. The van der Waals surface area contributed by atoms with Gasteiger partial charge in [-0.1, -0.05) is 6.92 Å². The van der Waals surface area contributed by atoms with Gasteiger partial charge in [0.25, 0.3) is 0 Å². The Balaban J connectivity index is 2.43. The predicted octanol–water partition coefficient (Wildman–Crippen LogP) is 3.17. The summed E-state index contributed by atoms with van der Waals surface area (Å²) in [5, 5.41) is 1.91. The van der Waals surface area contributed by atoms with E-state index in [1.165, 1.54) is 11.1 Å². The Kier molecular flexibility index (Phi) is 2.72. The summed E-state index contributed by atoms with van der Waals surface area (Å²) in [6.45, 7) is 4.07. The molecular weight excluding hydrogens is 246 g/mol. The first-order chi connectivity index (χ1) is 8.58. The highest BCUT2D eigenvalue weighted by Crippen LogP contribution is 2.39. The Bertz CT molecular complexity index is 666. The summed E-state index contributed by atoms with van der Waals surface area (Å²) in [6.07, 6.45) is 3.99. The van der Waals surface area contributed by atoms with Gasteiger partial charge in [0.1, 0.15) is 0 Å². The van der Waals surface area contributed by atoms with Crippen LogP contribution in [0.25, 0.3) is 10.8 Å². The highest BCUT2D eigenvalue weighted by molar-refractivity contribution is 7.79. The van der Waals surface area contributed by atoms with Crippen LogP contribution >= 0.6 is 0 Å². The van der Waals surface area contributed by atoms with E-state index in [1.54, 1.807) is 0 Å². The Hall–Kier alpha value is -1.26. The Morgan fingerprint density at radius 3 is 2.89 bits per heavy atom. The van der Waals surface area contributed by atoms with E-state index in [2.05, 4.69) is 11.9 Å². The summed E-state index contributed by atoms with van der Waals surface area (Å²) in [7, 11) is 0. The molecule has 0 saturated heterocycles. The van der Waals surface area contributed by atoms with Gasteiger partial charge in [-0.3, -0.25) is 4.98 Å². The maximum Gasteiger partial charge on any atom is 0.187 e. The van der Waals surface area contributed by atoms with Crippen LogP contribution < -0.4 is 0 Å². The minimum atomic E-state index is -1.95. The predicted molar refractivity (Wildman–Crippen MR) is 72.3 cm³/mol. The second kappa shape index (κ2) is 4.14. The number of nitrogens with zero attached hydrogens (tertiary/aromatic N) is 1. The normalized spacial score (nSPS) is 20.1. The monoisotopic (exact) mass is 261 g/mol. The van der Waals surface area contributed by atoms with Gasteiger partial charge in [0, 0.05) is 22.7 Å². The van der Waals surface area contributed by atoms with Crippen molar-refractivity contribution in [1.82, 2.24) is 4.98 Å². The Morgan fingerprint density at radius 2 is 2.17 bits per heavy atom. The van der Waals surface area contributed by atoms with E-state index in [0.29, 0.717) is 10.8 Å². The van der Waals surface area contributed by atoms with E-state index < -0.39 is 11.1 Å². The number of aryl methyl sites for hydroxylation is 2. The van der Waals surface area contributed by atoms with Gasteiger partial charge in [-0.15, -0.1) is 0 Å². The van der Waals surface area contributed by atoms with Crippen LogP contribution in [0.2, 0.25) is 0 Å². The van der Waals surface area contributed by atoms with Crippen molar-refractivity contribution in [2.24, 2.45) is 0 Å². The van der Waals surface area contributed by atoms with Gasteiger partial charge in [0.05, 0.1) is 4.90 Å². The lowest BCUT2D eigenvalue weighted by atomic mass is 9.99. The van der Waals surface area contributed by atoms with Gasteiger partial charge >= 0.3 is 0 Å². The molecule has 1 aromatic carbocycles. The molecule has 1 aliphatic carbocycles. The number of hydrogen-bond acceptors (Lipinski definition) is 2. The van der Waals surface area contributed by atoms with Crippen molar-refractivity contribution in [3.05, 3.63) is 35.2 Å². The molecule has 1 N–H and O–H groups in total. The molecule has 2 unspecified atom stereocenters. The van der Waals surface area contributed by atoms with Gasteiger partial charge in [-0.05, 0) is 48.9 Å². The minimum absolute atomic E-state index is 0.466. The smallest absolute Gasteiger partial charge is 0.187 e. The average Bonchev–Trinajstić information content (AvgIpc) is 2.69. The Labute approximate surface area is 109 Å². The zero-order chi connectivity index (χ0) is 12.9. The second-order valence-corrected chi connectivity index (χ2v) is 5.94. The van der Waals surface area contributed by atoms with Crippen molar-refractivity contribution in [3.8, 4) is 0 Å². The lowest BCUT2D eigenvalue weighted by Gasteiger charge is -2.11. The van der Waals surface area contributed by atoms with Crippen molar-refractivity contribution < 1.29 is 8.76 Å². The third-order valence-corrected chi connectivity index (χ3v) is 4.53. The molecule has 3 rings (SSSR count). The maximum atomic E-state index is 11.5. The lowest BCUT2D eigenvalue weighted by Crippen LogP contribution is -1.97. The zero-order valence-electron chi connectivity index (χ0n) is 10.4. The fraction of sp³-hybridized carbons (Fsp3) is 0.357. The summed E-state index contributed by atoms with van der Waals surface area (Å²) in [4.78, 5) is 4.85. The SMILES string of the molecule is Cc1cc2c(S(=O)O)cc3c(c2cn1)CCC3C. The number of aromatic nitrogens is 1. The zero-order valence-corrected chi connectivity index (χ0v) is 11.3. The van der Waals surface area contributed by atoms with Crippen molar-refractivity contribution in [2.75, 3.05) is 0 Å². The quantitative estimate of drug-likeness (QED) is 0.802. The first-order valence-corrected chi connectivity index (χ1v) is 7.21. The first-order valence-electron chi connectivity index (χ1n) is 6.11. The van der Waals surface area contributed by atoms with Crippen LogP contribution in [0.1, 0.15) is 36.1 Å². The molecular formula is C14H15NO2S. The van der Waals surface area contributed by atoms with Crippen molar-refractivity contribution in [1.29, 1.82) is 0 Å². The summed E-state index contributed by atoms with van der Waals surface area (Å²) < 4.78 is 21.0. The van der Waals surface area contributed by atoms with Gasteiger partial charge in [0.15, 0.2) is 11.1 Å². The lowest BCUT2D eigenvalue weighted by molar-refractivity contribution is 0.565. The van der Waals surface area contributed by atoms with E-state index in [4.69, 9.17) is 0 Å². The molecule has 0 aliphatic heterocycles. The molecule has 0 saturated carbocycles. The largest absolute Gasteiger partial charge is 0.302 e. The van der Waals surface area contributed by atoms with Crippen LogP contribution in [0.15, 0.2) is 23.2 Å². The molecule has 94 valence electrons. The van der Waals surface area contributed by atoms with Crippen LogP contribution in [0, 0.1) is 6.92 Å². The van der Waals surface area contributed by atoms with Crippen molar-refractivity contribution in [3.63, 3.8) is 0 Å². The van der Waals surface area contributed by atoms with E-state index in [0.717, 1.165) is 29.3 Å². The van der Waals surface area contributed by atoms with Crippen LogP contribution in [-0.4, -0.2) is 13.7 Å². The molecule has 0 bridgehead atoms. The molecule has 0 amide bonds. The molecule has 1 aliphatic rings. The third-order valence-electron chi connectivity index (χ3n) is 3.81. The summed E-state index contributed by atoms with van der Waals surface area (Å²) in [5.74, 6) is 0.466. The topological polar surface area (TPSA) is 50.2 Å². The number of rotatable bonds is 1. The van der Waals surface area contributed by atoms with Crippen molar-refractivity contribution in [2.45, 2.75) is 37.5 Å².